The second-order valence-electron chi connectivity index (χ2n) is 10.6. The molecule has 0 spiro atoms. The number of aliphatic hydroxyl groups excluding tert-OH is 1. The Kier molecular flexibility index (Phi) is 7.28. The van der Waals surface area contributed by atoms with Gasteiger partial charge in [-0.3, -0.25) is 0 Å². The van der Waals surface area contributed by atoms with Crippen LogP contribution in [0.4, 0.5) is 15.9 Å². The Labute approximate surface area is 241 Å². The highest BCUT2D eigenvalue weighted by molar-refractivity contribution is 6.31. The number of aromatic nitrogens is 1. The van der Waals surface area contributed by atoms with Crippen molar-refractivity contribution in [2.75, 3.05) is 11.9 Å². The van der Waals surface area contributed by atoms with Crippen LogP contribution in [0, 0.1) is 11.7 Å². The Morgan fingerprint density at radius 2 is 1.98 bits per heavy atom. The lowest BCUT2D eigenvalue weighted by molar-refractivity contribution is -0.00320. The van der Waals surface area contributed by atoms with Crippen LogP contribution in [0.1, 0.15) is 48.5 Å². The number of fused-ring (bicyclic) bond motifs is 1. The first kappa shape index (κ1) is 27.1. The third-order valence-corrected chi connectivity index (χ3v) is 8.19. The highest BCUT2D eigenvalue weighted by Gasteiger charge is 2.27. The number of carbonyl (C=O) groups is 1. The van der Waals surface area contributed by atoms with Gasteiger partial charge in [0.1, 0.15) is 12.0 Å². The third-order valence-electron chi connectivity index (χ3n) is 7.90. The Balaban J connectivity index is 1.31. The lowest BCUT2D eigenvalue weighted by atomic mass is 9.83. The van der Waals surface area contributed by atoms with Crippen molar-refractivity contribution in [2.45, 2.75) is 38.8 Å². The fraction of sp³-hybridized carbons (Fsp3) is 0.250. The van der Waals surface area contributed by atoms with E-state index in [1.54, 1.807) is 42.5 Å². The van der Waals surface area contributed by atoms with Gasteiger partial charge in [-0.25, -0.2) is 9.18 Å². The van der Waals surface area contributed by atoms with Gasteiger partial charge in [0.2, 0.25) is 0 Å². The van der Waals surface area contributed by atoms with Gasteiger partial charge in [0.15, 0.2) is 11.4 Å². The van der Waals surface area contributed by atoms with Gasteiger partial charge in [-0.05, 0) is 90.8 Å². The van der Waals surface area contributed by atoms with Crippen LogP contribution in [0.25, 0.3) is 27.7 Å². The summed E-state index contributed by atoms with van der Waals surface area (Å²) in [5, 5.41) is 28.6. The van der Waals surface area contributed by atoms with Crippen LogP contribution in [-0.4, -0.2) is 39.0 Å². The average Bonchev–Trinajstić information content (AvgIpc) is 3.36. The summed E-state index contributed by atoms with van der Waals surface area (Å²) in [4.78, 5) is 14.2. The monoisotopic (exact) mass is 573 g/mol. The minimum atomic E-state index is -1.01. The van der Waals surface area contributed by atoms with Crippen molar-refractivity contribution in [1.29, 1.82) is 0 Å². The van der Waals surface area contributed by atoms with E-state index in [1.807, 2.05) is 18.2 Å². The molecule has 4 aromatic rings. The second-order valence-corrected chi connectivity index (χ2v) is 11.0. The van der Waals surface area contributed by atoms with Crippen molar-refractivity contribution in [3.63, 3.8) is 0 Å². The molecule has 210 valence electrons. The molecule has 3 aromatic carbocycles. The molecule has 2 heterocycles. The Morgan fingerprint density at radius 1 is 1.12 bits per heavy atom. The summed E-state index contributed by atoms with van der Waals surface area (Å²) in [7, 11) is 0. The molecular formula is C32H29ClFN3O4. The number of aliphatic hydroxyl groups is 1. The van der Waals surface area contributed by atoms with Crippen molar-refractivity contribution >= 4 is 45.6 Å². The minimum absolute atomic E-state index is 0.0429. The molecule has 6 rings (SSSR count). The van der Waals surface area contributed by atoms with Crippen molar-refractivity contribution < 1.29 is 23.9 Å². The molecule has 41 heavy (non-hydrogen) atoms. The first-order valence-electron chi connectivity index (χ1n) is 13.6. The molecule has 0 saturated carbocycles. The molecule has 2 atom stereocenters. The summed E-state index contributed by atoms with van der Waals surface area (Å²) >= 11 is 5.96. The number of likely N-dealkylation sites (tertiary alicyclic amines) is 1. The van der Waals surface area contributed by atoms with Crippen LogP contribution in [0.15, 0.2) is 77.0 Å². The third kappa shape index (κ3) is 5.21. The number of allylic oxidation sites excluding steroid dienone is 4. The van der Waals surface area contributed by atoms with E-state index < -0.39 is 18.0 Å². The predicted molar refractivity (Wildman–Crippen MR) is 158 cm³/mol. The Morgan fingerprint density at radius 3 is 2.76 bits per heavy atom. The smallest absolute Gasteiger partial charge is 0.336 e. The van der Waals surface area contributed by atoms with Gasteiger partial charge in [0.25, 0.3) is 0 Å². The van der Waals surface area contributed by atoms with Crippen LogP contribution in [0.3, 0.4) is 0 Å². The highest BCUT2D eigenvalue weighted by Crippen LogP contribution is 2.39. The number of benzene rings is 3. The molecule has 2 unspecified atom stereocenters. The molecule has 9 heteroatoms. The van der Waals surface area contributed by atoms with E-state index in [4.69, 9.17) is 16.1 Å². The number of rotatable bonds is 6. The first-order valence-corrected chi connectivity index (χ1v) is 14.0. The summed E-state index contributed by atoms with van der Waals surface area (Å²) in [6, 6.07) is 15.2. The second kappa shape index (κ2) is 11.0. The Hall–Kier alpha value is -4.14. The summed E-state index contributed by atoms with van der Waals surface area (Å²) in [6.45, 7) is 2.90. The fourth-order valence-electron chi connectivity index (χ4n) is 5.77. The molecule has 0 amide bonds. The molecule has 1 aromatic heterocycles. The van der Waals surface area contributed by atoms with Crippen molar-refractivity contribution in [3.8, 4) is 11.1 Å². The van der Waals surface area contributed by atoms with E-state index in [0.29, 0.717) is 45.6 Å². The molecule has 1 fully saturated rings. The number of carboxylic acid groups (broad SMARTS) is 1. The largest absolute Gasteiger partial charge is 0.478 e. The van der Waals surface area contributed by atoms with Gasteiger partial charge in [0.05, 0.1) is 16.0 Å². The number of hydrogen-bond acceptors (Lipinski definition) is 6. The van der Waals surface area contributed by atoms with Crippen molar-refractivity contribution in [2.24, 2.45) is 5.92 Å². The molecule has 1 aliphatic heterocycles. The Bertz CT molecular complexity index is 1710. The number of piperidine rings is 1. The summed E-state index contributed by atoms with van der Waals surface area (Å²) < 4.78 is 20.1. The van der Waals surface area contributed by atoms with Crippen molar-refractivity contribution in [1.82, 2.24) is 10.1 Å². The van der Waals surface area contributed by atoms with Gasteiger partial charge >= 0.3 is 5.97 Å². The molecule has 7 nitrogen and oxygen atoms in total. The van der Waals surface area contributed by atoms with E-state index >= 15 is 0 Å². The van der Waals surface area contributed by atoms with E-state index in [0.717, 1.165) is 37.1 Å². The maximum atomic E-state index is 14.6. The van der Waals surface area contributed by atoms with Crippen LogP contribution >= 0.6 is 11.6 Å². The molecular weight excluding hydrogens is 545 g/mol. The van der Waals surface area contributed by atoms with Crippen LogP contribution in [-0.2, 0) is 0 Å². The maximum absolute atomic E-state index is 14.6. The van der Waals surface area contributed by atoms with E-state index in [2.05, 4.69) is 22.3 Å². The van der Waals surface area contributed by atoms with Gasteiger partial charge in [-0.1, -0.05) is 48.0 Å². The molecule has 0 bridgehead atoms. The van der Waals surface area contributed by atoms with Gasteiger partial charge in [0, 0.05) is 23.5 Å². The standard InChI is InChI=1S/C32H29ClFN3O4/c1-18-15-21(37-14-3-2-7-29(37)38)10-13-22(18)26-17-20(9-12-24(26)32(39)40)35-31-25-11-8-19(16-28(25)41-36-31)23-5-4-6-27(33)30(23)34/h4-6,8-13,16-18,29,38H,2-3,7,14-15H2,1H3,(H,35,36)(H,39,40). The van der Waals surface area contributed by atoms with Gasteiger partial charge in [-0.15, -0.1) is 0 Å². The highest BCUT2D eigenvalue weighted by atomic mass is 35.5. The summed E-state index contributed by atoms with van der Waals surface area (Å²) in [5.41, 5.74) is 4.91. The zero-order valence-electron chi connectivity index (χ0n) is 22.4. The quantitative estimate of drug-likeness (QED) is 0.216. The normalized spacial score (nSPS) is 19.2. The fourth-order valence-corrected chi connectivity index (χ4v) is 5.94. The zero-order valence-corrected chi connectivity index (χ0v) is 23.2. The molecule has 0 radical (unpaired) electrons. The molecule has 1 aliphatic carbocycles. The average molecular weight is 574 g/mol. The van der Waals surface area contributed by atoms with Crippen LogP contribution < -0.4 is 5.32 Å². The number of nitrogens with zero attached hydrogens (tertiary/aromatic N) is 2. The SMILES string of the molecule is CC1CC(N2CCCCC2O)=CC=C1c1cc(Nc2noc3cc(-c4cccc(Cl)c4F)ccc23)ccc1C(=O)O. The van der Waals surface area contributed by atoms with E-state index in [-0.39, 0.29) is 16.5 Å². The van der Waals surface area contributed by atoms with Crippen LogP contribution in [0.5, 0.6) is 0 Å². The number of halogens is 2. The maximum Gasteiger partial charge on any atom is 0.336 e. The summed E-state index contributed by atoms with van der Waals surface area (Å²) in [6.07, 6.45) is 7.03. The molecule has 1 saturated heterocycles. The lowest BCUT2D eigenvalue weighted by Gasteiger charge is -2.38. The predicted octanol–water partition coefficient (Wildman–Crippen LogP) is 7.84. The topological polar surface area (TPSA) is 98.8 Å². The number of anilines is 2. The van der Waals surface area contributed by atoms with Crippen molar-refractivity contribution in [3.05, 3.63) is 94.4 Å². The van der Waals surface area contributed by atoms with Gasteiger partial charge in [-0.2, -0.15) is 0 Å². The number of carboxylic acids is 1. The number of hydrogen-bond donors (Lipinski definition) is 3. The lowest BCUT2D eigenvalue weighted by Crippen LogP contribution is -2.39. The minimum Gasteiger partial charge on any atom is -0.478 e. The van der Waals surface area contributed by atoms with E-state index in [1.165, 1.54) is 6.07 Å². The number of nitrogens with one attached hydrogen (secondary N) is 1. The summed E-state index contributed by atoms with van der Waals surface area (Å²) in [5.74, 6) is -0.999. The van der Waals surface area contributed by atoms with Crippen LogP contribution in [0.2, 0.25) is 5.02 Å². The van der Waals surface area contributed by atoms with Gasteiger partial charge < -0.3 is 25.0 Å². The molecule has 2 aliphatic rings. The number of aromatic carboxylic acids is 1. The first-order chi connectivity index (χ1) is 19.8. The van der Waals surface area contributed by atoms with E-state index in [9.17, 15) is 19.4 Å². The molecule has 3 N–H and O–H groups in total. The zero-order chi connectivity index (χ0) is 28.7.